The van der Waals surface area contributed by atoms with Crippen molar-refractivity contribution in [3.63, 3.8) is 0 Å². The number of carboxylic acid groups (broad SMARTS) is 2. The second kappa shape index (κ2) is 6.82. The highest BCUT2D eigenvalue weighted by Gasteiger charge is 2.49. The molecule has 1 saturated carbocycles. The van der Waals surface area contributed by atoms with Crippen LogP contribution in [0, 0.1) is 5.41 Å². The molecule has 0 amide bonds. The molecule has 5 nitrogen and oxygen atoms in total. The lowest BCUT2D eigenvalue weighted by Gasteiger charge is -2.34. The molecule has 0 bridgehead atoms. The normalized spacial score (nSPS) is 16.9. The molecule has 28 heavy (non-hydrogen) atoms. The van der Waals surface area contributed by atoms with Crippen LogP contribution in [-0.4, -0.2) is 26.7 Å². The minimum absolute atomic E-state index is 0.133. The van der Waals surface area contributed by atoms with Gasteiger partial charge in [0.2, 0.25) is 0 Å². The van der Waals surface area contributed by atoms with Crippen molar-refractivity contribution in [2.75, 3.05) is 0 Å². The number of para-hydroxylation sites is 1. The molecule has 0 saturated heterocycles. The number of carbonyl (C=O) groups is 2. The van der Waals surface area contributed by atoms with Crippen molar-refractivity contribution in [2.45, 2.75) is 31.6 Å². The van der Waals surface area contributed by atoms with Crippen LogP contribution in [0.4, 0.5) is 0 Å². The summed E-state index contributed by atoms with van der Waals surface area (Å²) < 4.78 is 2.19. The quantitative estimate of drug-likeness (QED) is 0.648. The molecule has 5 heteroatoms. The maximum atomic E-state index is 11.7. The summed E-state index contributed by atoms with van der Waals surface area (Å²) in [6.07, 6.45) is 1.40. The molecule has 0 spiro atoms. The third kappa shape index (κ3) is 2.70. The van der Waals surface area contributed by atoms with Gasteiger partial charge in [0, 0.05) is 18.0 Å². The monoisotopic (exact) mass is 377 g/mol. The maximum absolute atomic E-state index is 11.7. The van der Waals surface area contributed by atoms with Gasteiger partial charge in [-0.15, -0.1) is 0 Å². The van der Waals surface area contributed by atoms with Crippen molar-refractivity contribution in [3.8, 4) is 11.3 Å². The molecule has 144 valence electrons. The number of carboxylic acids is 2. The van der Waals surface area contributed by atoms with Crippen LogP contribution in [0.2, 0.25) is 0 Å². The van der Waals surface area contributed by atoms with Crippen LogP contribution in [-0.2, 0) is 16.6 Å². The molecule has 1 aliphatic rings. The van der Waals surface area contributed by atoms with E-state index in [0.717, 1.165) is 22.2 Å². The SMILES string of the molecule is Cn1c(-c2ccccc2)c(C2CCC(C(=O)O)(C(=O)O)CC2)c2ccccc21. The third-order valence-corrected chi connectivity index (χ3v) is 6.26. The van der Waals surface area contributed by atoms with E-state index >= 15 is 0 Å². The second-order valence-electron chi connectivity index (χ2n) is 7.67. The Morgan fingerprint density at radius 1 is 0.929 bits per heavy atom. The van der Waals surface area contributed by atoms with Gasteiger partial charge in [0.05, 0.1) is 5.69 Å². The zero-order valence-corrected chi connectivity index (χ0v) is 15.8. The summed E-state index contributed by atoms with van der Waals surface area (Å²) in [5.41, 5.74) is 2.92. The predicted molar refractivity (Wildman–Crippen MR) is 107 cm³/mol. The van der Waals surface area contributed by atoms with Crippen LogP contribution in [0.3, 0.4) is 0 Å². The number of benzene rings is 2. The van der Waals surface area contributed by atoms with E-state index < -0.39 is 17.4 Å². The van der Waals surface area contributed by atoms with Gasteiger partial charge in [0.15, 0.2) is 5.41 Å². The van der Waals surface area contributed by atoms with Crippen molar-refractivity contribution in [1.82, 2.24) is 4.57 Å². The first-order valence-electron chi connectivity index (χ1n) is 9.55. The maximum Gasteiger partial charge on any atom is 0.321 e. The first kappa shape index (κ1) is 18.3. The van der Waals surface area contributed by atoms with Crippen molar-refractivity contribution < 1.29 is 19.8 Å². The highest BCUT2D eigenvalue weighted by molar-refractivity contribution is 5.98. The minimum atomic E-state index is -1.66. The average Bonchev–Trinajstić information content (AvgIpc) is 3.01. The van der Waals surface area contributed by atoms with Crippen LogP contribution < -0.4 is 0 Å². The number of aliphatic carboxylic acids is 2. The summed E-state index contributed by atoms with van der Waals surface area (Å²) in [5.74, 6) is -2.31. The van der Waals surface area contributed by atoms with Crippen LogP contribution in [0.5, 0.6) is 0 Å². The molecule has 2 N–H and O–H groups in total. The Labute approximate surface area is 163 Å². The van der Waals surface area contributed by atoms with Gasteiger partial charge in [-0.3, -0.25) is 9.59 Å². The fourth-order valence-corrected chi connectivity index (χ4v) is 4.70. The Morgan fingerprint density at radius 2 is 1.50 bits per heavy atom. The number of aryl methyl sites for hydroxylation is 1. The summed E-state index contributed by atoms with van der Waals surface area (Å²) in [6, 6.07) is 18.4. The van der Waals surface area contributed by atoms with Gasteiger partial charge in [-0.05, 0) is 48.8 Å². The average molecular weight is 377 g/mol. The van der Waals surface area contributed by atoms with E-state index in [2.05, 4.69) is 35.9 Å². The van der Waals surface area contributed by atoms with Crippen LogP contribution in [0.15, 0.2) is 54.6 Å². The van der Waals surface area contributed by atoms with Gasteiger partial charge in [-0.2, -0.15) is 0 Å². The van der Waals surface area contributed by atoms with E-state index in [0.29, 0.717) is 12.8 Å². The molecule has 0 atom stereocenters. The minimum Gasteiger partial charge on any atom is -0.480 e. The zero-order valence-electron chi connectivity index (χ0n) is 15.8. The van der Waals surface area contributed by atoms with E-state index in [1.807, 2.05) is 30.3 Å². The smallest absolute Gasteiger partial charge is 0.321 e. The molecule has 0 radical (unpaired) electrons. The van der Waals surface area contributed by atoms with Gasteiger partial charge in [0.25, 0.3) is 0 Å². The lowest BCUT2D eigenvalue weighted by molar-refractivity contribution is -0.167. The molecule has 1 fully saturated rings. The molecule has 1 aliphatic carbocycles. The van der Waals surface area contributed by atoms with Gasteiger partial charge < -0.3 is 14.8 Å². The topological polar surface area (TPSA) is 79.5 Å². The molecule has 4 rings (SSSR count). The van der Waals surface area contributed by atoms with Gasteiger partial charge >= 0.3 is 11.9 Å². The number of rotatable bonds is 4. The van der Waals surface area contributed by atoms with E-state index in [1.165, 1.54) is 5.56 Å². The number of fused-ring (bicyclic) bond motifs is 1. The summed E-state index contributed by atoms with van der Waals surface area (Å²) in [6.45, 7) is 0. The predicted octanol–water partition coefficient (Wildman–Crippen LogP) is 4.66. The highest BCUT2D eigenvalue weighted by Crippen LogP contribution is 2.48. The Kier molecular flexibility index (Phi) is 4.46. The second-order valence-corrected chi connectivity index (χ2v) is 7.67. The van der Waals surface area contributed by atoms with Gasteiger partial charge in [-0.25, -0.2) is 0 Å². The molecular weight excluding hydrogens is 354 g/mol. The lowest BCUT2D eigenvalue weighted by atomic mass is 9.68. The van der Waals surface area contributed by atoms with Crippen LogP contribution in [0.25, 0.3) is 22.2 Å². The van der Waals surface area contributed by atoms with Gasteiger partial charge in [0.1, 0.15) is 0 Å². The van der Waals surface area contributed by atoms with E-state index in [-0.39, 0.29) is 18.8 Å². The first-order chi connectivity index (χ1) is 13.5. The Bertz CT molecular complexity index is 1030. The van der Waals surface area contributed by atoms with Crippen molar-refractivity contribution in [2.24, 2.45) is 12.5 Å². The molecule has 0 unspecified atom stereocenters. The van der Waals surface area contributed by atoms with Crippen molar-refractivity contribution >= 4 is 22.8 Å². The Morgan fingerprint density at radius 3 is 2.11 bits per heavy atom. The molecule has 1 aromatic heterocycles. The molecular formula is C23H23NO4. The number of nitrogens with zero attached hydrogens (tertiary/aromatic N) is 1. The van der Waals surface area contributed by atoms with Crippen LogP contribution >= 0.6 is 0 Å². The number of hydrogen-bond acceptors (Lipinski definition) is 2. The molecule has 0 aliphatic heterocycles. The Balaban J connectivity index is 1.82. The summed E-state index contributed by atoms with van der Waals surface area (Å²) in [7, 11) is 2.05. The summed E-state index contributed by atoms with van der Waals surface area (Å²) in [4.78, 5) is 23.4. The molecule has 2 aromatic carbocycles. The number of hydrogen-bond donors (Lipinski definition) is 2. The summed E-state index contributed by atoms with van der Waals surface area (Å²) >= 11 is 0. The Hall–Kier alpha value is -3.08. The largest absolute Gasteiger partial charge is 0.480 e. The van der Waals surface area contributed by atoms with Crippen molar-refractivity contribution in [3.05, 3.63) is 60.2 Å². The molecule has 1 heterocycles. The zero-order chi connectivity index (χ0) is 19.9. The first-order valence-corrected chi connectivity index (χ1v) is 9.55. The standard InChI is InChI=1S/C23H23NO4/c1-24-18-10-6-5-9-17(18)19(20(24)16-7-3-2-4-8-16)15-11-13-23(14-12-15,21(25)26)22(27)28/h2-10,15H,11-14H2,1H3,(H,25,26)(H,27,28). The van der Waals surface area contributed by atoms with Crippen LogP contribution in [0.1, 0.15) is 37.2 Å². The molecule has 3 aromatic rings. The fourth-order valence-electron chi connectivity index (χ4n) is 4.70. The van der Waals surface area contributed by atoms with Crippen molar-refractivity contribution in [1.29, 1.82) is 0 Å². The number of aromatic nitrogens is 1. The van der Waals surface area contributed by atoms with Gasteiger partial charge in [-0.1, -0.05) is 48.5 Å². The van der Waals surface area contributed by atoms with E-state index in [4.69, 9.17) is 0 Å². The van der Waals surface area contributed by atoms with E-state index in [9.17, 15) is 19.8 Å². The summed E-state index contributed by atoms with van der Waals surface area (Å²) in [5, 5.41) is 20.2. The van der Waals surface area contributed by atoms with E-state index in [1.54, 1.807) is 0 Å². The fraction of sp³-hybridized carbons (Fsp3) is 0.304. The lowest BCUT2D eigenvalue weighted by Crippen LogP contribution is -2.42. The third-order valence-electron chi connectivity index (χ3n) is 6.26. The highest BCUT2D eigenvalue weighted by atomic mass is 16.4.